The van der Waals surface area contributed by atoms with Gasteiger partial charge < -0.3 is 9.64 Å². The van der Waals surface area contributed by atoms with E-state index in [4.69, 9.17) is 4.74 Å². The van der Waals surface area contributed by atoms with Gasteiger partial charge in [0.25, 0.3) is 5.91 Å². The summed E-state index contributed by atoms with van der Waals surface area (Å²) in [5, 5.41) is 0. The average Bonchev–Trinajstić information content (AvgIpc) is 2.99. The zero-order valence-corrected chi connectivity index (χ0v) is 15.3. The van der Waals surface area contributed by atoms with Crippen LogP contribution in [-0.4, -0.2) is 81.1 Å². The van der Waals surface area contributed by atoms with Crippen molar-refractivity contribution in [2.24, 2.45) is 0 Å². The van der Waals surface area contributed by atoms with Crippen molar-refractivity contribution in [3.8, 4) is 0 Å². The number of ether oxygens (including phenoxy) is 1. The van der Waals surface area contributed by atoms with Crippen molar-refractivity contribution in [3.63, 3.8) is 0 Å². The first-order chi connectivity index (χ1) is 12.1. The molecule has 2 saturated heterocycles. The summed E-state index contributed by atoms with van der Waals surface area (Å²) < 4.78 is 29.1. The summed E-state index contributed by atoms with van der Waals surface area (Å²) in [7, 11) is -3.02. The van der Waals surface area contributed by atoms with E-state index in [1.807, 2.05) is 18.2 Å². The van der Waals surface area contributed by atoms with Crippen LogP contribution in [0.3, 0.4) is 0 Å². The molecule has 0 aromatic heterocycles. The van der Waals surface area contributed by atoms with E-state index >= 15 is 0 Å². The molecule has 0 aliphatic carbocycles. The lowest BCUT2D eigenvalue weighted by atomic mass is 10.1. The minimum absolute atomic E-state index is 0.0651. The fourth-order valence-electron chi connectivity index (χ4n) is 3.51. The summed E-state index contributed by atoms with van der Waals surface area (Å²) in [5.74, 6) is 0.202. The molecule has 1 atom stereocenters. The van der Waals surface area contributed by atoms with E-state index in [-0.39, 0.29) is 23.5 Å². The van der Waals surface area contributed by atoms with Crippen LogP contribution in [0.2, 0.25) is 0 Å². The van der Waals surface area contributed by atoms with E-state index in [9.17, 15) is 13.2 Å². The van der Waals surface area contributed by atoms with Gasteiger partial charge in [0.2, 0.25) is 0 Å². The van der Waals surface area contributed by atoms with E-state index in [0.29, 0.717) is 18.5 Å². The zero-order valence-electron chi connectivity index (χ0n) is 14.5. The summed E-state index contributed by atoms with van der Waals surface area (Å²) in [5.41, 5.74) is 0.623. The van der Waals surface area contributed by atoms with Gasteiger partial charge in [-0.1, -0.05) is 18.2 Å². The second-order valence-corrected chi connectivity index (χ2v) is 8.96. The molecule has 2 aliphatic rings. The van der Waals surface area contributed by atoms with Gasteiger partial charge in [0.1, 0.15) is 0 Å². The molecule has 1 aromatic rings. The first-order valence-electron chi connectivity index (χ1n) is 8.92. The maximum atomic E-state index is 12.9. The van der Waals surface area contributed by atoms with E-state index < -0.39 is 9.84 Å². The Morgan fingerprint density at radius 1 is 1.20 bits per heavy atom. The predicted molar refractivity (Wildman–Crippen MR) is 96.4 cm³/mol. The van der Waals surface area contributed by atoms with Crippen LogP contribution >= 0.6 is 0 Å². The summed E-state index contributed by atoms with van der Waals surface area (Å²) in [6, 6.07) is 8.93. The number of amides is 1. The number of carbonyl (C=O) groups excluding carboxylic acids is 1. The predicted octanol–water partition coefficient (Wildman–Crippen LogP) is 1.04. The Bertz CT molecular complexity index is 672. The Labute approximate surface area is 149 Å². The topological polar surface area (TPSA) is 66.9 Å². The minimum Gasteiger partial charge on any atom is -0.379 e. The van der Waals surface area contributed by atoms with E-state index in [1.165, 1.54) is 0 Å². The monoisotopic (exact) mass is 366 g/mol. The first kappa shape index (κ1) is 18.4. The molecule has 2 heterocycles. The van der Waals surface area contributed by atoms with Gasteiger partial charge in [-0.05, 0) is 25.0 Å². The average molecular weight is 366 g/mol. The van der Waals surface area contributed by atoms with Crippen LogP contribution in [0.5, 0.6) is 0 Å². The Kier molecular flexibility index (Phi) is 6.09. The van der Waals surface area contributed by atoms with Gasteiger partial charge in [0.15, 0.2) is 9.84 Å². The highest BCUT2D eigenvalue weighted by atomic mass is 32.2. The summed E-state index contributed by atoms with van der Waals surface area (Å²) in [6.07, 6.45) is 1.38. The van der Waals surface area contributed by atoms with Gasteiger partial charge in [0.05, 0.1) is 24.7 Å². The molecular weight excluding hydrogens is 340 g/mol. The zero-order chi connectivity index (χ0) is 17.7. The number of hydrogen-bond acceptors (Lipinski definition) is 5. The van der Waals surface area contributed by atoms with Gasteiger partial charge in [-0.15, -0.1) is 0 Å². The molecule has 1 unspecified atom stereocenters. The third-order valence-electron chi connectivity index (χ3n) is 4.91. The number of carbonyl (C=O) groups is 1. The Morgan fingerprint density at radius 3 is 2.56 bits per heavy atom. The quantitative estimate of drug-likeness (QED) is 0.753. The Morgan fingerprint density at radius 2 is 1.92 bits per heavy atom. The smallest absolute Gasteiger partial charge is 0.254 e. The molecule has 0 bridgehead atoms. The van der Waals surface area contributed by atoms with Crippen molar-refractivity contribution < 1.29 is 17.9 Å². The second-order valence-electron chi connectivity index (χ2n) is 6.73. The van der Waals surface area contributed by atoms with Crippen molar-refractivity contribution in [1.29, 1.82) is 0 Å². The fraction of sp³-hybridized carbons (Fsp3) is 0.611. The van der Waals surface area contributed by atoms with E-state index in [2.05, 4.69) is 4.90 Å². The largest absolute Gasteiger partial charge is 0.379 e. The van der Waals surface area contributed by atoms with Crippen molar-refractivity contribution in [3.05, 3.63) is 35.9 Å². The van der Waals surface area contributed by atoms with E-state index in [1.54, 1.807) is 17.0 Å². The summed E-state index contributed by atoms with van der Waals surface area (Å²) in [6.45, 7) is 4.85. The first-order valence-corrected chi connectivity index (χ1v) is 10.7. The highest BCUT2D eigenvalue weighted by molar-refractivity contribution is 7.91. The van der Waals surface area contributed by atoms with Gasteiger partial charge in [0, 0.05) is 37.8 Å². The van der Waals surface area contributed by atoms with Crippen LogP contribution in [0, 0.1) is 0 Å². The molecule has 0 N–H and O–H groups in total. The van der Waals surface area contributed by atoms with Crippen LogP contribution in [0.15, 0.2) is 30.3 Å². The molecule has 138 valence electrons. The van der Waals surface area contributed by atoms with Crippen molar-refractivity contribution in [1.82, 2.24) is 9.80 Å². The molecule has 2 fully saturated rings. The van der Waals surface area contributed by atoms with Crippen LogP contribution in [0.1, 0.15) is 23.2 Å². The van der Waals surface area contributed by atoms with Gasteiger partial charge in [-0.2, -0.15) is 0 Å². The number of rotatable bonds is 6. The number of sulfone groups is 1. The highest BCUT2D eigenvalue weighted by Gasteiger charge is 2.34. The van der Waals surface area contributed by atoms with Gasteiger partial charge in [-0.25, -0.2) is 8.42 Å². The molecule has 1 amide bonds. The lowest BCUT2D eigenvalue weighted by molar-refractivity contribution is 0.0349. The molecule has 0 saturated carbocycles. The molecule has 3 rings (SSSR count). The molecule has 2 aliphatic heterocycles. The number of morpholine rings is 1. The lowest BCUT2D eigenvalue weighted by Crippen LogP contribution is -2.43. The normalized spacial score (nSPS) is 23.4. The van der Waals surface area contributed by atoms with Crippen molar-refractivity contribution in [2.45, 2.75) is 18.9 Å². The molecule has 6 nitrogen and oxygen atoms in total. The summed E-state index contributed by atoms with van der Waals surface area (Å²) >= 11 is 0. The van der Waals surface area contributed by atoms with Gasteiger partial charge in [-0.3, -0.25) is 9.69 Å². The molecular formula is C18H26N2O4S. The number of nitrogens with zero attached hydrogens (tertiary/aromatic N) is 2. The number of hydrogen-bond donors (Lipinski definition) is 0. The molecule has 25 heavy (non-hydrogen) atoms. The van der Waals surface area contributed by atoms with Crippen LogP contribution in [-0.2, 0) is 14.6 Å². The second kappa shape index (κ2) is 8.29. The molecule has 1 aromatic carbocycles. The molecule has 7 heteroatoms. The molecule has 0 spiro atoms. The van der Waals surface area contributed by atoms with Gasteiger partial charge >= 0.3 is 0 Å². The molecule has 0 radical (unpaired) electrons. The highest BCUT2D eigenvalue weighted by Crippen LogP contribution is 2.20. The summed E-state index contributed by atoms with van der Waals surface area (Å²) in [4.78, 5) is 17.0. The van der Waals surface area contributed by atoms with Crippen LogP contribution in [0.4, 0.5) is 0 Å². The van der Waals surface area contributed by atoms with Crippen LogP contribution in [0.25, 0.3) is 0 Å². The maximum absolute atomic E-state index is 12.9. The third kappa shape index (κ3) is 5.03. The standard InChI is InChI=1S/C18H26N2O4S/c21-18(16-5-2-1-3-6-16)20(17-7-14-25(22,23)15-17)9-4-8-19-10-12-24-13-11-19/h1-3,5-6,17H,4,7-15H2. The lowest BCUT2D eigenvalue weighted by Gasteiger charge is -2.31. The Balaban J connectivity index is 1.65. The van der Waals surface area contributed by atoms with E-state index in [0.717, 1.165) is 39.3 Å². The van der Waals surface area contributed by atoms with Crippen molar-refractivity contribution >= 4 is 15.7 Å². The third-order valence-corrected chi connectivity index (χ3v) is 6.66. The Hall–Kier alpha value is -1.44. The SMILES string of the molecule is O=C(c1ccccc1)N(CCCN1CCOCC1)C1CCS(=O)(=O)C1. The number of benzene rings is 1. The van der Waals surface area contributed by atoms with Crippen molar-refractivity contribution in [2.75, 3.05) is 50.9 Å². The fourth-order valence-corrected chi connectivity index (χ4v) is 5.24. The minimum atomic E-state index is -3.02. The maximum Gasteiger partial charge on any atom is 0.254 e. The van der Waals surface area contributed by atoms with Crippen LogP contribution < -0.4 is 0 Å².